The number of ketones is 1. The lowest BCUT2D eigenvalue weighted by molar-refractivity contribution is 0.102. The van der Waals surface area contributed by atoms with E-state index in [-0.39, 0.29) is 5.78 Å². The van der Waals surface area contributed by atoms with E-state index in [1.807, 2.05) is 37.4 Å². The van der Waals surface area contributed by atoms with Gasteiger partial charge < -0.3 is 4.74 Å². The quantitative estimate of drug-likeness (QED) is 0.786. The van der Waals surface area contributed by atoms with Crippen molar-refractivity contribution in [3.63, 3.8) is 0 Å². The van der Waals surface area contributed by atoms with Crippen molar-refractivity contribution in [2.24, 2.45) is 7.05 Å². The van der Waals surface area contributed by atoms with Crippen LogP contribution in [0.25, 0.3) is 6.08 Å². The molecule has 0 atom stereocenters. The maximum atomic E-state index is 12.5. The van der Waals surface area contributed by atoms with Crippen molar-refractivity contribution in [2.75, 3.05) is 7.11 Å². The number of Topliss-reactive ketones (excluding diaryl/α,β-unsaturated/α-hetero) is 1. The van der Waals surface area contributed by atoms with Crippen LogP contribution in [-0.2, 0) is 13.5 Å². The summed E-state index contributed by atoms with van der Waals surface area (Å²) in [7, 11) is 3.51. The van der Waals surface area contributed by atoms with Crippen LogP contribution in [0.3, 0.4) is 0 Å². The molecule has 0 fully saturated rings. The molecule has 0 radical (unpaired) electrons. The van der Waals surface area contributed by atoms with Crippen molar-refractivity contribution in [1.29, 1.82) is 0 Å². The van der Waals surface area contributed by atoms with Gasteiger partial charge in [0.05, 0.1) is 18.9 Å². The van der Waals surface area contributed by atoms with E-state index in [2.05, 4.69) is 5.10 Å². The molecule has 0 bridgehead atoms. The largest absolute Gasteiger partial charge is 0.496 e. The van der Waals surface area contributed by atoms with Gasteiger partial charge in [-0.3, -0.25) is 9.48 Å². The molecule has 2 aromatic rings. The van der Waals surface area contributed by atoms with Crippen LogP contribution >= 0.6 is 0 Å². The third kappa shape index (κ3) is 2.03. The summed E-state index contributed by atoms with van der Waals surface area (Å²) >= 11 is 0. The fourth-order valence-electron chi connectivity index (χ4n) is 2.60. The second-order valence-electron chi connectivity index (χ2n) is 4.87. The molecule has 1 aliphatic rings. The summed E-state index contributed by atoms with van der Waals surface area (Å²) in [6, 6.07) is 7.72. The zero-order chi connectivity index (χ0) is 14.1. The normalized spacial score (nSPS) is 16.3. The van der Waals surface area contributed by atoms with Gasteiger partial charge >= 0.3 is 0 Å². The number of carbonyl (C=O) groups excluding carboxylic acids is 1. The van der Waals surface area contributed by atoms with Crippen LogP contribution < -0.4 is 4.74 Å². The van der Waals surface area contributed by atoms with Crippen molar-refractivity contribution < 1.29 is 9.53 Å². The third-order valence-corrected chi connectivity index (χ3v) is 3.70. The van der Waals surface area contributed by atoms with Crippen molar-refractivity contribution in [1.82, 2.24) is 9.78 Å². The summed E-state index contributed by atoms with van der Waals surface area (Å²) < 4.78 is 7.11. The number of ether oxygens (including phenoxy) is 1. The molecule has 1 aromatic heterocycles. The van der Waals surface area contributed by atoms with Crippen molar-refractivity contribution in [3.8, 4) is 5.75 Å². The monoisotopic (exact) mass is 268 g/mol. The number of aryl methyl sites for hydroxylation is 1. The summed E-state index contributed by atoms with van der Waals surface area (Å²) in [6.07, 6.45) is 5.17. The van der Waals surface area contributed by atoms with Crippen LogP contribution in [0.4, 0.5) is 0 Å². The Morgan fingerprint density at radius 2 is 2.10 bits per heavy atom. The van der Waals surface area contributed by atoms with Crippen LogP contribution in [0.1, 0.15) is 28.0 Å². The Labute approximate surface area is 117 Å². The molecule has 1 aliphatic carbocycles. The summed E-state index contributed by atoms with van der Waals surface area (Å²) in [4.78, 5) is 12.5. The number of benzene rings is 1. The van der Waals surface area contributed by atoms with E-state index in [0.29, 0.717) is 0 Å². The highest BCUT2D eigenvalue weighted by atomic mass is 16.5. The van der Waals surface area contributed by atoms with Crippen LogP contribution in [0, 0.1) is 0 Å². The average molecular weight is 268 g/mol. The topological polar surface area (TPSA) is 44.1 Å². The minimum absolute atomic E-state index is 0.0743. The van der Waals surface area contributed by atoms with Crippen LogP contribution in [0.5, 0.6) is 5.75 Å². The number of allylic oxidation sites excluding steroid dienone is 1. The van der Waals surface area contributed by atoms with Gasteiger partial charge in [-0.15, -0.1) is 0 Å². The Morgan fingerprint density at radius 3 is 2.90 bits per heavy atom. The fraction of sp³-hybridized carbons (Fsp3) is 0.250. The predicted octanol–water partition coefficient (Wildman–Crippen LogP) is 2.64. The predicted molar refractivity (Wildman–Crippen MR) is 76.8 cm³/mol. The molecular formula is C16H16N2O2. The lowest BCUT2D eigenvalue weighted by Crippen LogP contribution is -2.15. The molecule has 3 rings (SSSR count). The second kappa shape index (κ2) is 4.96. The van der Waals surface area contributed by atoms with E-state index >= 15 is 0 Å². The molecule has 0 aliphatic heterocycles. The number of carbonyl (C=O) groups is 1. The number of hydrogen-bond donors (Lipinski definition) is 0. The minimum Gasteiger partial charge on any atom is -0.496 e. The molecule has 0 saturated carbocycles. The number of methoxy groups -OCH3 is 1. The van der Waals surface area contributed by atoms with Crippen LogP contribution in [-0.4, -0.2) is 22.7 Å². The van der Waals surface area contributed by atoms with Gasteiger partial charge in [0.1, 0.15) is 5.75 Å². The maximum Gasteiger partial charge on any atom is 0.192 e. The zero-order valence-corrected chi connectivity index (χ0v) is 11.6. The fourth-order valence-corrected chi connectivity index (χ4v) is 2.60. The van der Waals surface area contributed by atoms with E-state index in [9.17, 15) is 4.79 Å². The number of aromatic nitrogens is 2. The molecule has 102 valence electrons. The van der Waals surface area contributed by atoms with Gasteiger partial charge in [-0.2, -0.15) is 5.10 Å². The number of hydrogen-bond acceptors (Lipinski definition) is 3. The second-order valence-corrected chi connectivity index (χ2v) is 4.87. The van der Waals surface area contributed by atoms with Gasteiger partial charge in [0, 0.05) is 23.9 Å². The molecule has 0 N–H and O–H groups in total. The van der Waals surface area contributed by atoms with Crippen molar-refractivity contribution >= 4 is 11.9 Å². The highest BCUT2D eigenvalue weighted by molar-refractivity contribution is 6.13. The Balaban J connectivity index is 2.00. The molecule has 0 amide bonds. The van der Waals surface area contributed by atoms with Gasteiger partial charge in [-0.1, -0.05) is 18.2 Å². The number of para-hydroxylation sites is 1. The molecule has 1 heterocycles. The van der Waals surface area contributed by atoms with Gasteiger partial charge in [-0.05, 0) is 25.0 Å². The summed E-state index contributed by atoms with van der Waals surface area (Å²) in [5.74, 6) is 0.857. The van der Waals surface area contributed by atoms with Crippen LogP contribution in [0.15, 0.2) is 36.0 Å². The minimum atomic E-state index is 0.0743. The van der Waals surface area contributed by atoms with E-state index in [1.165, 1.54) is 0 Å². The third-order valence-electron chi connectivity index (χ3n) is 3.70. The van der Waals surface area contributed by atoms with Crippen molar-refractivity contribution in [2.45, 2.75) is 12.8 Å². The Morgan fingerprint density at radius 1 is 1.30 bits per heavy atom. The van der Waals surface area contributed by atoms with Gasteiger partial charge in [0.2, 0.25) is 0 Å². The summed E-state index contributed by atoms with van der Waals surface area (Å²) in [5, 5.41) is 4.17. The molecule has 4 nitrogen and oxygen atoms in total. The first-order valence-electron chi connectivity index (χ1n) is 6.60. The van der Waals surface area contributed by atoms with Gasteiger partial charge in [0.25, 0.3) is 0 Å². The molecule has 1 aromatic carbocycles. The Hall–Kier alpha value is -2.36. The first-order chi connectivity index (χ1) is 9.70. The molecular weight excluding hydrogens is 252 g/mol. The highest BCUT2D eigenvalue weighted by Crippen LogP contribution is 2.28. The van der Waals surface area contributed by atoms with E-state index < -0.39 is 0 Å². The lowest BCUT2D eigenvalue weighted by Gasteiger charge is -2.15. The van der Waals surface area contributed by atoms with Gasteiger partial charge in [-0.25, -0.2) is 0 Å². The van der Waals surface area contributed by atoms with Crippen molar-refractivity contribution in [3.05, 3.63) is 52.9 Å². The van der Waals surface area contributed by atoms with Crippen LogP contribution in [0.2, 0.25) is 0 Å². The zero-order valence-electron chi connectivity index (χ0n) is 11.6. The molecule has 0 spiro atoms. The van der Waals surface area contributed by atoms with E-state index in [1.54, 1.807) is 18.0 Å². The Kier molecular flexibility index (Phi) is 3.14. The number of rotatable bonds is 2. The smallest absolute Gasteiger partial charge is 0.192 e. The summed E-state index contributed by atoms with van der Waals surface area (Å²) in [5.41, 5.74) is 3.49. The SMILES string of the molecule is COc1ccccc1/C=C1\CCc2c(cnn2C)C1=O. The lowest BCUT2D eigenvalue weighted by atomic mass is 9.90. The first-order valence-corrected chi connectivity index (χ1v) is 6.60. The maximum absolute atomic E-state index is 12.5. The molecule has 0 unspecified atom stereocenters. The molecule has 20 heavy (non-hydrogen) atoms. The average Bonchev–Trinajstić information content (AvgIpc) is 2.85. The molecule has 4 heteroatoms. The number of nitrogens with zero attached hydrogens (tertiary/aromatic N) is 2. The van der Waals surface area contributed by atoms with E-state index in [4.69, 9.17) is 4.74 Å². The van der Waals surface area contributed by atoms with E-state index in [0.717, 1.165) is 41.0 Å². The molecule has 0 saturated heterocycles. The summed E-state index contributed by atoms with van der Waals surface area (Å²) in [6.45, 7) is 0. The highest BCUT2D eigenvalue weighted by Gasteiger charge is 2.25. The first kappa shape index (κ1) is 12.7. The van der Waals surface area contributed by atoms with Gasteiger partial charge in [0.15, 0.2) is 5.78 Å². The Bertz CT molecular complexity index is 698. The number of fused-ring (bicyclic) bond motifs is 1. The standard InChI is InChI=1S/C16H16N2O2/c1-18-14-8-7-12(16(19)13(14)10-17-18)9-11-5-3-4-6-15(11)20-2/h3-6,9-10H,7-8H2,1-2H3/b12-9+.